The standard InChI is InChI=1S/C8H18Si/c1-4-8(5-2)7-9-6-3/h7H,4-6,9H2,1-3H3. The molecule has 9 heavy (non-hydrogen) atoms. The fourth-order valence-electron chi connectivity index (χ4n) is 0.887. The molecule has 0 aliphatic rings. The Kier molecular flexibility index (Phi) is 6.05. The monoisotopic (exact) mass is 142 g/mol. The van der Waals surface area contributed by atoms with Crippen LogP contribution < -0.4 is 0 Å². The van der Waals surface area contributed by atoms with Crippen molar-refractivity contribution in [2.45, 2.75) is 39.7 Å². The molecule has 0 bridgehead atoms. The van der Waals surface area contributed by atoms with Crippen molar-refractivity contribution >= 4 is 9.52 Å². The lowest BCUT2D eigenvalue weighted by atomic mass is 10.2. The molecule has 0 fully saturated rings. The van der Waals surface area contributed by atoms with Gasteiger partial charge in [0.25, 0.3) is 0 Å². The predicted octanol–water partition coefficient (Wildman–Crippen LogP) is 2.30. The minimum absolute atomic E-state index is 0.190. The smallest absolute Gasteiger partial charge is 0.0450 e. The van der Waals surface area contributed by atoms with Gasteiger partial charge in [0, 0.05) is 9.52 Å². The molecule has 0 saturated heterocycles. The Morgan fingerprint density at radius 3 is 2.11 bits per heavy atom. The van der Waals surface area contributed by atoms with Crippen molar-refractivity contribution < 1.29 is 0 Å². The highest BCUT2D eigenvalue weighted by Crippen LogP contribution is 2.03. The summed E-state index contributed by atoms with van der Waals surface area (Å²) in [6, 6.07) is 1.42. The highest BCUT2D eigenvalue weighted by molar-refractivity contribution is 6.42. The van der Waals surface area contributed by atoms with E-state index >= 15 is 0 Å². The van der Waals surface area contributed by atoms with Gasteiger partial charge >= 0.3 is 0 Å². The Hall–Kier alpha value is -0.0431. The molecule has 54 valence electrons. The molecule has 1 heteroatoms. The van der Waals surface area contributed by atoms with Gasteiger partial charge in [-0.15, -0.1) is 5.70 Å². The van der Waals surface area contributed by atoms with E-state index in [-0.39, 0.29) is 9.52 Å². The average molecular weight is 142 g/mol. The Bertz CT molecular complexity index is 78.6. The van der Waals surface area contributed by atoms with Gasteiger partial charge in [-0.05, 0) is 12.8 Å². The molecule has 0 atom stereocenters. The van der Waals surface area contributed by atoms with Gasteiger partial charge in [-0.3, -0.25) is 0 Å². The van der Waals surface area contributed by atoms with Gasteiger partial charge in [0.15, 0.2) is 0 Å². The van der Waals surface area contributed by atoms with Gasteiger partial charge in [0.2, 0.25) is 0 Å². The number of hydrogen-bond donors (Lipinski definition) is 0. The van der Waals surface area contributed by atoms with Crippen LogP contribution in [0.1, 0.15) is 33.6 Å². The molecular weight excluding hydrogens is 124 g/mol. The van der Waals surface area contributed by atoms with Crippen molar-refractivity contribution in [3.63, 3.8) is 0 Å². The second-order valence-corrected chi connectivity index (χ2v) is 4.34. The molecule has 0 aromatic carbocycles. The van der Waals surface area contributed by atoms with E-state index in [1.807, 2.05) is 0 Å². The Labute approximate surface area is 61.2 Å². The average Bonchev–Trinajstić information content (AvgIpc) is 1.91. The second-order valence-electron chi connectivity index (χ2n) is 2.36. The van der Waals surface area contributed by atoms with E-state index < -0.39 is 0 Å². The number of allylic oxidation sites excluding steroid dienone is 1. The first-order chi connectivity index (χ1) is 4.35. The van der Waals surface area contributed by atoms with Crippen molar-refractivity contribution in [3.8, 4) is 0 Å². The zero-order chi connectivity index (χ0) is 7.11. The number of hydrogen-bond acceptors (Lipinski definition) is 0. The molecular formula is C8H18Si. The van der Waals surface area contributed by atoms with Crippen molar-refractivity contribution in [2.75, 3.05) is 0 Å². The van der Waals surface area contributed by atoms with Crippen LogP contribution in [0.2, 0.25) is 6.04 Å². The maximum atomic E-state index is 2.51. The topological polar surface area (TPSA) is 0 Å². The van der Waals surface area contributed by atoms with Gasteiger partial charge in [-0.1, -0.05) is 32.4 Å². The van der Waals surface area contributed by atoms with Crippen LogP contribution >= 0.6 is 0 Å². The van der Waals surface area contributed by atoms with Crippen LogP contribution in [0.4, 0.5) is 0 Å². The molecule has 0 aromatic rings. The summed E-state index contributed by atoms with van der Waals surface area (Å²) in [7, 11) is 0.190. The fourth-order valence-corrected chi connectivity index (χ4v) is 2.16. The molecule has 0 radical (unpaired) electrons. The van der Waals surface area contributed by atoms with E-state index in [0.717, 1.165) is 0 Å². The molecule has 0 aliphatic heterocycles. The third-order valence-corrected chi connectivity index (χ3v) is 3.07. The largest absolute Gasteiger partial charge is 0.102 e. The molecule has 0 saturated carbocycles. The normalized spacial score (nSPS) is 10.6. The van der Waals surface area contributed by atoms with Crippen LogP contribution in [0.15, 0.2) is 11.3 Å². The maximum Gasteiger partial charge on any atom is 0.0450 e. The zero-order valence-electron chi connectivity index (χ0n) is 6.91. The van der Waals surface area contributed by atoms with Crippen LogP contribution in [0.25, 0.3) is 0 Å². The van der Waals surface area contributed by atoms with Crippen molar-refractivity contribution in [1.29, 1.82) is 0 Å². The summed E-state index contributed by atoms with van der Waals surface area (Å²) in [5.41, 5.74) is 4.18. The van der Waals surface area contributed by atoms with Crippen molar-refractivity contribution in [1.82, 2.24) is 0 Å². The van der Waals surface area contributed by atoms with Crippen molar-refractivity contribution in [3.05, 3.63) is 11.3 Å². The molecule has 0 rings (SSSR count). The lowest BCUT2D eigenvalue weighted by molar-refractivity contribution is 0.982. The predicted molar refractivity (Wildman–Crippen MR) is 47.7 cm³/mol. The summed E-state index contributed by atoms with van der Waals surface area (Å²) in [6.45, 7) is 6.78. The van der Waals surface area contributed by atoms with E-state index in [1.54, 1.807) is 5.57 Å². The molecule has 0 nitrogen and oxygen atoms in total. The van der Waals surface area contributed by atoms with E-state index in [2.05, 4.69) is 26.5 Å². The SMILES string of the molecule is CC[SiH2]C=C(CC)CC. The summed E-state index contributed by atoms with van der Waals surface area (Å²) in [5, 5.41) is 0. The van der Waals surface area contributed by atoms with Gasteiger partial charge in [0.1, 0.15) is 0 Å². The maximum absolute atomic E-state index is 2.51. The molecule has 0 unspecified atom stereocenters. The zero-order valence-corrected chi connectivity index (χ0v) is 8.32. The van der Waals surface area contributed by atoms with E-state index in [9.17, 15) is 0 Å². The summed E-state index contributed by atoms with van der Waals surface area (Å²) < 4.78 is 0. The summed E-state index contributed by atoms with van der Waals surface area (Å²) in [6.07, 6.45) is 2.53. The third-order valence-electron chi connectivity index (χ3n) is 1.63. The van der Waals surface area contributed by atoms with E-state index in [1.165, 1.54) is 18.9 Å². The minimum Gasteiger partial charge on any atom is -0.102 e. The summed E-state index contributed by atoms with van der Waals surface area (Å²) in [5.74, 6) is 0. The van der Waals surface area contributed by atoms with Gasteiger partial charge in [-0.2, -0.15) is 0 Å². The fraction of sp³-hybridized carbons (Fsp3) is 0.750. The molecule has 0 N–H and O–H groups in total. The third kappa shape index (κ3) is 4.46. The molecule has 0 aliphatic carbocycles. The Morgan fingerprint density at radius 1 is 1.22 bits per heavy atom. The van der Waals surface area contributed by atoms with Gasteiger partial charge in [0.05, 0.1) is 0 Å². The van der Waals surface area contributed by atoms with Gasteiger partial charge in [-0.25, -0.2) is 0 Å². The first-order valence-corrected chi connectivity index (χ1v) is 5.84. The Morgan fingerprint density at radius 2 is 1.78 bits per heavy atom. The minimum atomic E-state index is 0.190. The quantitative estimate of drug-likeness (QED) is 0.528. The first kappa shape index (κ1) is 8.96. The Balaban J connectivity index is 3.48. The van der Waals surface area contributed by atoms with Gasteiger partial charge < -0.3 is 0 Å². The van der Waals surface area contributed by atoms with Crippen molar-refractivity contribution in [2.24, 2.45) is 0 Å². The van der Waals surface area contributed by atoms with E-state index in [4.69, 9.17) is 0 Å². The van der Waals surface area contributed by atoms with Crippen LogP contribution in [-0.4, -0.2) is 9.52 Å². The van der Waals surface area contributed by atoms with Crippen LogP contribution in [0.5, 0.6) is 0 Å². The molecule has 0 spiro atoms. The highest BCUT2D eigenvalue weighted by atomic mass is 28.2. The molecule has 0 heterocycles. The summed E-state index contributed by atoms with van der Waals surface area (Å²) >= 11 is 0. The van der Waals surface area contributed by atoms with Crippen LogP contribution in [-0.2, 0) is 0 Å². The second kappa shape index (κ2) is 6.08. The van der Waals surface area contributed by atoms with Crippen LogP contribution in [0, 0.1) is 0 Å². The molecule has 0 amide bonds. The van der Waals surface area contributed by atoms with Crippen LogP contribution in [0.3, 0.4) is 0 Å². The lowest BCUT2D eigenvalue weighted by Crippen LogP contribution is -1.84. The first-order valence-electron chi connectivity index (χ1n) is 4.03. The lowest BCUT2D eigenvalue weighted by Gasteiger charge is -1.96. The van der Waals surface area contributed by atoms with E-state index in [0.29, 0.717) is 0 Å². The molecule has 0 aromatic heterocycles. The highest BCUT2D eigenvalue weighted by Gasteiger charge is 1.86. The number of rotatable bonds is 4. The summed E-state index contributed by atoms with van der Waals surface area (Å²) in [4.78, 5) is 0.